The number of hydrazone groups is 1. The van der Waals surface area contributed by atoms with Crippen molar-refractivity contribution in [2.24, 2.45) is 11.0 Å². The first-order chi connectivity index (χ1) is 16.6. The molecule has 0 bridgehead atoms. The number of amides is 1. The molecule has 1 fully saturated rings. The summed E-state index contributed by atoms with van der Waals surface area (Å²) < 4.78 is 19.1. The van der Waals surface area contributed by atoms with Crippen molar-refractivity contribution in [3.8, 4) is 5.75 Å². The molecule has 3 aromatic rings. The van der Waals surface area contributed by atoms with Crippen molar-refractivity contribution in [2.75, 3.05) is 13.1 Å². The zero-order chi connectivity index (χ0) is 23.8. The normalized spacial score (nSPS) is 14.9. The molecule has 1 aliphatic heterocycles. The van der Waals surface area contributed by atoms with Gasteiger partial charge in [0.25, 0.3) is 0 Å². The minimum Gasteiger partial charge on any atom is -0.489 e. The van der Waals surface area contributed by atoms with Gasteiger partial charge < -0.3 is 4.74 Å². The van der Waals surface area contributed by atoms with Gasteiger partial charge in [-0.25, -0.2) is 9.82 Å². The van der Waals surface area contributed by atoms with Crippen molar-refractivity contribution >= 4 is 23.7 Å². The molecule has 0 atom stereocenters. The van der Waals surface area contributed by atoms with E-state index in [1.807, 2.05) is 54.6 Å². The molecule has 34 heavy (non-hydrogen) atoms. The van der Waals surface area contributed by atoms with Crippen LogP contribution in [0.25, 0.3) is 0 Å². The van der Waals surface area contributed by atoms with Gasteiger partial charge in [0.05, 0.1) is 6.21 Å². The van der Waals surface area contributed by atoms with Gasteiger partial charge in [-0.3, -0.25) is 9.69 Å². The van der Waals surface area contributed by atoms with Crippen LogP contribution in [-0.4, -0.2) is 30.1 Å². The van der Waals surface area contributed by atoms with Crippen LogP contribution >= 0.6 is 11.6 Å². The van der Waals surface area contributed by atoms with Gasteiger partial charge in [0.15, 0.2) is 0 Å². The molecular weight excluding hydrogens is 453 g/mol. The topological polar surface area (TPSA) is 53.9 Å². The quantitative estimate of drug-likeness (QED) is 0.346. The Balaban J connectivity index is 1.22. The van der Waals surface area contributed by atoms with E-state index in [9.17, 15) is 9.18 Å². The van der Waals surface area contributed by atoms with E-state index in [1.54, 1.807) is 12.3 Å². The lowest BCUT2D eigenvalue weighted by Crippen LogP contribution is -2.39. The summed E-state index contributed by atoms with van der Waals surface area (Å²) in [5.74, 6) is 0.244. The molecule has 3 aromatic carbocycles. The zero-order valence-corrected chi connectivity index (χ0v) is 19.5. The number of benzene rings is 3. The second-order valence-corrected chi connectivity index (χ2v) is 8.77. The highest BCUT2D eigenvalue weighted by molar-refractivity contribution is 6.31. The number of carbonyl (C=O) groups is 1. The van der Waals surface area contributed by atoms with Crippen LogP contribution < -0.4 is 10.2 Å². The van der Waals surface area contributed by atoms with E-state index in [1.165, 1.54) is 12.1 Å². The highest BCUT2D eigenvalue weighted by Crippen LogP contribution is 2.23. The van der Waals surface area contributed by atoms with E-state index in [2.05, 4.69) is 15.4 Å². The van der Waals surface area contributed by atoms with Crippen molar-refractivity contribution in [1.82, 2.24) is 10.3 Å². The summed E-state index contributed by atoms with van der Waals surface area (Å²) in [7, 11) is 0. The molecule has 0 spiro atoms. The Morgan fingerprint density at radius 1 is 1.09 bits per heavy atom. The molecule has 5 nitrogen and oxygen atoms in total. The predicted octanol–water partition coefficient (Wildman–Crippen LogP) is 5.42. The maximum Gasteiger partial charge on any atom is 0.243 e. The molecule has 4 rings (SSSR count). The van der Waals surface area contributed by atoms with Gasteiger partial charge in [0, 0.05) is 17.5 Å². The van der Waals surface area contributed by atoms with E-state index in [-0.39, 0.29) is 17.6 Å². The Bertz CT molecular complexity index is 1130. The molecule has 1 amide bonds. The summed E-state index contributed by atoms with van der Waals surface area (Å²) in [6, 6.07) is 22.0. The summed E-state index contributed by atoms with van der Waals surface area (Å²) in [5, 5.41) is 4.57. The average molecular weight is 480 g/mol. The lowest BCUT2D eigenvalue weighted by Gasteiger charge is -2.31. The Labute approximate surface area is 204 Å². The van der Waals surface area contributed by atoms with Crippen molar-refractivity contribution in [3.05, 3.63) is 100 Å². The van der Waals surface area contributed by atoms with Gasteiger partial charge in [-0.1, -0.05) is 60.1 Å². The van der Waals surface area contributed by atoms with Gasteiger partial charge in [-0.2, -0.15) is 5.10 Å². The van der Waals surface area contributed by atoms with Gasteiger partial charge >= 0.3 is 0 Å². The van der Waals surface area contributed by atoms with Crippen molar-refractivity contribution in [3.63, 3.8) is 0 Å². The van der Waals surface area contributed by atoms with E-state index < -0.39 is 0 Å². The highest BCUT2D eigenvalue weighted by atomic mass is 35.5. The average Bonchev–Trinajstić information content (AvgIpc) is 2.86. The van der Waals surface area contributed by atoms with Gasteiger partial charge in [-0.05, 0) is 66.9 Å². The fraction of sp³-hybridized carbons (Fsp3) is 0.259. The van der Waals surface area contributed by atoms with Gasteiger partial charge in [-0.15, -0.1) is 0 Å². The first-order valence-electron chi connectivity index (χ1n) is 11.3. The molecule has 1 N–H and O–H groups in total. The Hall–Kier alpha value is -3.22. The Morgan fingerprint density at radius 2 is 1.88 bits per heavy atom. The second kappa shape index (κ2) is 11.8. The molecule has 7 heteroatoms. The number of carbonyl (C=O) groups excluding carboxylic acids is 1. The Morgan fingerprint density at radius 3 is 2.65 bits per heavy atom. The van der Waals surface area contributed by atoms with Gasteiger partial charge in [0.2, 0.25) is 5.91 Å². The molecule has 1 aliphatic rings. The predicted molar refractivity (Wildman–Crippen MR) is 132 cm³/mol. The number of hydrogen-bond acceptors (Lipinski definition) is 4. The molecule has 0 aromatic heterocycles. The maximum absolute atomic E-state index is 13.2. The molecule has 1 saturated heterocycles. The second-order valence-electron chi connectivity index (χ2n) is 8.37. The fourth-order valence-electron chi connectivity index (χ4n) is 3.93. The van der Waals surface area contributed by atoms with Crippen LogP contribution in [0.15, 0.2) is 77.9 Å². The number of likely N-dealkylation sites (tertiary alicyclic amines) is 1. The van der Waals surface area contributed by atoms with Gasteiger partial charge in [0.1, 0.15) is 18.2 Å². The number of nitrogens with zero attached hydrogens (tertiary/aromatic N) is 2. The summed E-state index contributed by atoms with van der Waals surface area (Å²) in [6.45, 7) is 2.69. The van der Waals surface area contributed by atoms with E-state index in [0.717, 1.165) is 48.4 Å². The number of nitrogens with one attached hydrogen (secondary N) is 1. The van der Waals surface area contributed by atoms with Crippen LogP contribution in [0.1, 0.15) is 29.5 Å². The monoisotopic (exact) mass is 479 g/mol. The lowest BCUT2D eigenvalue weighted by atomic mass is 9.96. The minimum atomic E-state index is -0.337. The molecule has 1 heterocycles. The van der Waals surface area contributed by atoms with Crippen molar-refractivity contribution < 1.29 is 13.9 Å². The van der Waals surface area contributed by atoms with Crippen LogP contribution in [0.3, 0.4) is 0 Å². The molecule has 0 radical (unpaired) electrons. The van der Waals surface area contributed by atoms with Crippen molar-refractivity contribution in [2.45, 2.75) is 26.0 Å². The number of halogens is 2. The number of piperidine rings is 1. The summed E-state index contributed by atoms with van der Waals surface area (Å²) in [4.78, 5) is 14.8. The van der Waals surface area contributed by atoms with E-state index >= 15 is 0 Å². The zero-order valence-electron chi connectivity index (χ0n) is 18.8. The number of ether oxygens (including phenoxy) is 1. The summed E-state index contributed by atoms with van der Waals surface area (Å²) in [5.41, 5.74) is 5.50. The highest BCUT2D eigenvalue weighted by Gasteiger charge is 2.25. The minimum absolute atomic E-state index is 0.0767. The first kappa shape index (κ1) is 23.9. The summed E-state index contributed by atoms with van der Waals surface area (Å²) >= 11 is 6.14. The number of hydrogen-bond donors (Lipinski definition) is 1. The lowest BCUT2D eigenvalue weighted by molar-refractivity contribution is -0.126. The number of rotatable bonds is 8. The molecular formula is C27H27ClFN3O2. The smallest absolute Gasteiger partial charge is 0.243 e. The van der Waals surface area contributed by atoms with Crippen molar-refractivity contribution in [1.29, 1.82) is 0 Å². The maximum atomic E-state index is 13.2. The third-order valence-electron chi connectivity index (χ3n) is 5.86. The summed E-state index contributed by atoms with van der Waals surface area (Å²) in [6.07, 6.45) is 3.10. The van der Waals surface area contributed by atoms with E-state index in [0.29, 0.717) is 18.2 Å². The van der Waals surface area contributed by atoms with Crippen LogP contribution in [0.5, 0.6) is 5.75 Å². The third-order valence-corrected chi connectivity index (χ3v) is 6.21. The van der Waals surface area contributed by atoms with E-state index in [4.69, 9.17) is 16.3 Å². The molecule has 0 saturated carbocycles. The van der Waals surface area contributed by atoms with Crippen LogP contribution in [0.4, 0.5) is 4.39 Å². The largest absolute Gasteiger partial charge is 0.489 e. The fourth-order valence-corrected chi connectivity index (χ4v) is 4.16. The molecule has 0 aliphatic carbocycles. The Kier molecular flexibility index (Phi) is 8.28. The SMILES string of the molecule is O=C(NN=Cc1cccc(OCc2ccccc2)c1)C1CCN(Cc2ccc(F)cc2Cl)CC1. The van der Waals surface area contributed by atoms with Crippen LogP contribution in [0.2, 0.25) is 5.02 Å². The molecule has 0 unspecified atom stereocenters. The standard InChI is InChI=1S/C27H27ClFN3O2/c28-26-16-24(29)10-9-23(26)18-32-13-11-22(12-14-32)27(33)31-30-17-21-7-4-8-25(15-21)34-19-20-5-2-1-3-6-20/h1-10,15-17,22H,11-14,18-19H2,(H,31,33). The third kappa shape index (κ3) is 6.89. The first-order valence-corrected chi connectivity index (χ1v) is 11.7. The molecule has 176 valence electrons. The van der Waals surface area contributed by atoms with Crippen LogP contribution in [0, 0.1) is 11.7 Å². The van der Waals surface area contributed by atoms with Crippen LogP contribution in [-0.2, 0) is 17.9 Å².